The van der Waals surface area contributed by atoms with E-state index in [-0.39, 0.29) is 23.7 Å². The van der Waals surface area contributed by atoms with Crippen molar-refractivity contribution in [1.29, 1.82) is 0 Å². The standard InChI is InChI=1S/C19H34O4/c1-12(2)9-16(18(20)22-10-13(3)4)17(15(7)8)19(21)23-11-14(5)6/h12-15H,9-11H2,1-8H3/b17-16-. The van der Waals surface area contributed by atoms with E-state index in [0.717, 1.165) is 0 Å². The molecule has 0 amide bonds. The molecule has 0 aromatic carbocycles. The van der Waals surface area contributed by atoms with Crippen LogP contribution in [0.3, 0.4) is 0 Å². The van der Waals surface area contributed by atoms with Crippen LogP contribution in [0, 0.1) is 23.7 Å². The summed E-state index contributed by atoms with van der Waals surface area (Å²) in [6.45, 7) is 16.5. The van der Waals surface area contributed by atoms with Crippen LogP contribution in [0.2, 0.25) is 0 Å². The summed E-state index contributed by atoms with van der Waals surface area (Å²) in [5.41, 5.74) is 0.914. The molecule has 0 unspecified atom stereocenters. The maximum absolute atomic E-state index is 12.5. The summed E-state index contributed by atoms with van der Waals surface area (Å²) in [6, 6.07) is 0. The summed E-state index contributed by atoms with van der Waals surface area (Å²) in [7, 11) is 0. The van der Waals surface area contributed by atoms with Crippen LogP contribution in [0.4, 0.5) is 0 Å². The first kappa shape index (κ1) is 21.7. The minimum absolute atomic E-state index is 0.0880. The number of rotatable bonds is 9. The van der Waals surface area contributed by atoms with E-state index in [9.17, 15) is 9.59 Å². The first-order valence-corrected chi connectivity index (χ1v) is 8.63. The number of hydrogen-bond acceptors (Lipinski definition) is 4. The van der Waals surface area contributed by atoms with Gasteiger partial charge in [0, 0.05) is 5.57 Å². The van der Waals surface area contributed by atoms with Crippen molar-refractivity contribution in [3.63, 3.8) is 0 Å². The fourth-order valence-electron chi connectivity index (χ4n) is 2.07. The Kier molecular flexibility index (Phi) is 9.85. The van der Waals surface area contributed by atoms with Gasteiger partial charge in [-0.05, 0) is 30.1 Å². The molecule has 0 aromatic heterocycles. The van der Waals surface area contributed by atoms with Gasteiger partial charge in [0.2, 0.25) is 0 Å². The van der Waals surface area contributed by atoms with Crippen LogP contribution >= 0.6 is 0 Å². The molecule has 0 saturated heterocycles. The third-order valence-electron chi connectivity index (χ3n) is 3.08. The zero-order chi connectivity index (χ0) is 18.2. The Labute approximate surface area is 141 Å². The average Bonchev–Trinajstić information content (AvgIpc) is 2.40. The van der Waals surface area contributed by atoms with Crippen LogP contribution in [-0.2, 0) is 19.1 Å². The van der Waals surface area contributed by atoms with Crippen molar-refractivity contribution in [2.45, 2.75) is 61.8 Å². The van der Waals surface area contributed by atoms with Crippen LogP contribution in [0.1, 0.15) is 61.8 Å². The molecule has 0 aliphatic rings. The van der Waals surface area contributed by atoms with Gasteiger partial charge in [0.25, 0.3) is 0 Å². The minimum atomic E-state index is -0.397. The van der Waals surface area contributed by atoms with Crippen molar-refractivity contribution in [3.05, 3.63) is 11.1 Å². The van der Waals surface area contributed by atoms with E-state index < -0.39 is 11.9 Å². The predicted octanol–water partition coefficient (Wildman–Crippen LogP) is 4.38. The van der Waals surface area contributed by atoms with Gasteiger partial charge >= 0.3 is 11.9 Å². The number of ether oxygens (including phenoxy) is 2. The lowest BCUT2D eigenvalue weighted by atomic mass is 9.91. The fraction of sp³-hybridized carbons (Fsp3) is 0.789. The second-order valence-electron chi connectivity index (χ2n) is 7.63. The Morgan fingerprint density at radius 1 is 0.696 bits per heavy atom. The van der Waals surface area contributed by atoms with Gasteiger partial charge < -0.3 is 9.47 Å². The van der Waals surface area contributed by atoms with Crippen molar-refractivity contribution < 1.29 is 19.1 Å². The quantitative estimate of drug-likeness (QED) is 0.466. The number of hydrogen-bond donors (Lipinski definition) is 0. The first-order valence-electron chi connectivity index (χ1n) is 8.63. The van der Waals surface area contributed by atoms with Gasteiger partial charge in [0.1, 0.15) is 0 Å². The topological polar surface area (TPSA) is 52.6 Å². The third kappa shape index (κ3) is 8.77. The van der Waals surface area contributed by atoms with E-state index >= 15 is 0 Å². The number of carbonyl (C=O) groups is 2. The summed E-state index contributed by atoms with van der Waals surface area (Å²) in [4.78, 5) is 25.0. The van der Waals surface area contributed by atoms with Crippen LogP contribution in [0.25, 0.3) is 0 Å². The van der Waals surface area contributed by atoms with E-state index in [4.69, 9.17) is 9.47 Å². The molecular formula is C19H34O4. The fourth-order valence-corrected chi connectivity index (χ4v) is 2.07. The van der Waals surface area contributed by atoms with Gasteiger partial charge in [-0.3, -0.25) is 0 Å². The summed E-state index contributed by atoms with van der Waals surface area (Å²) in [5, 5.41) is 0. The molecule has 0 aliphatic carbocycles. The van der Waals surface area contributed by atoms with Gasteiger partial charge in [0.05, 0.1) is 18.8 Å². The highest BCUT2D eigenvalue weighted by atomic mass is 16.5. The lowest BCUT2D eigenvalue weighted by Gasteiger charge is -2.19. The second kappa shape index (κ2) is 10.5. The van der Waals surface area contributed by atoms with Crippen molar-refractivity contribution in [2.24, 2.45) is 23.7 Å². The van der Waals surface area contributed by atoms with Gasteiger partial charge in [-0.15, -0.1) is 0 Å². The smallest absolute Gasteiger partial charge is 0.334 e. The van der Waals surface area contributed by atoms with Gasteiger partial charge in [-0.25, -0.2) is 9.59 Å². The van der Waals surface area contributed by atoms with Crippen LogP contribution in [-0.4, -0.2) is 25.2 Å². The van der Waals surface area contributed by atoms with Crippen LogP contribution in [0.15, 0.2) is 11.1 Å². The number of esters is 2. The Morgan fingerprint density at radius 2 is 1.13 bits per heavy atom. The van der Waals surface area contributed by atoms with Crippen LogP contribution < -0.4 is 0 Å². The molecule has 23 heavy (non-hydrogen) atoms. The highest BCUT2D eigenvalue weighted by Crippen LogP contribution is 2.24. The molecule has 0 spiro atoms. The highest BCUT2D eigenvalue weighted by Gasteiger charge is 2.26. The molecule has 134 valence electrons. The minimum Gasteiger partial charge on any atom is -0.462 e. The van der Waals surface area contributed by atoms with Crippen molar-refractivity contribution in [3.8, 4) is 0 Å². The Morgan fingerprint density at radius 3 is 1.48 bits per heavy atom. The zero-order valence-electron chi connectivity index (χ0n) is 16.1. The molecule has 4 nitrogen and oxygen atoms in total. The molecule has 0 radical (unpaired) electrons. The molecule has 0 atom stereocenters. The molecule has 0 bridgehead atoms. The summed E-state index contributed by atoms with van der Waals surface area (Å²) >= 11 is 0. The molecule has 0 rings (SSSR count). The van der Waals surface area contributed by atoms with Crippen molar-refractivity contribution in [2.75, 3.05) is 13.2 Å². The summed E-state index contributed by atoms with van der Waals surface area (Å²) in [6.07, 6.45) is 0.515. The van der Waals surface area contributed by atoms with E-state index in [1.165, 1.54) is 0 Å². The van der Waals surface area contributed by atoms with E-state index in [1.807, 2.05) is 55.4 Å². The molecule has 0 heterocycles. The Balaban J connectivity index is 5.52. The summed E-state index contributed by atoms with van der Waals surface area (Å²) < 4.78 is 10.7. The average molecular weight is 326 g/mol. The van der Waals surface area contributed by atoms with E-state index in [0.29, 0.717) is 30.8 Å². The largest absolute Gasteiger partial charge is 0.462 e. The molecule has 0 fully saturated rings. The van der Waals surface area contributed by atoms with Gasteiger partial charge in [0.15, 0.2) is 0 Å². The lowest BCUT2D eigenvalue weighted by Crippen LogP contribution is -2.23. The molecule has 0 N–H and O–H groups in total. The first-order chi connectivity index (χ1) is 10.6. The number of carbonyl (C=O) groups excluding carboxylic acids is 2. The highest BCUT2D eigenvalue weighted by molar-refractivity contribution is 6.00. The maximum Gasteiger partial charge on any atom is 0.334 e. The molecule has 0 aromatic rings. The van der Waals surface area contributed by atoms with Crippen molar-refractivity contribution >= 4 is 11.9 Å². The van der Waals surface area contributed by atoms with Gasteiger partial charge in [-0.2, -0.15) is 0 Å². The third-order valence-corrected chi connectivity index (χ3v) is 3.08. The Bertz CT molecular complexity index is 417. The molecule has 4 heteroatoms. The van der Waals surface area contributed by atoms with E-state index in [1.54, 1.807) is 0 Å². The summed E-state index contributed by atoms with van der Waals surface area (Å²) in [5.74, 6) is -0.106. The lowest BCUT2D eigenvalue weighted by molar-refractivity contribution is -0.144. The van der Waals surface area contributed by atoms with Gasteiger partial charge in [-0.1, -0.05) is 55.4 Å². The van der Waals surface area contributed by atoms with E-state index in [2.05, 4.69) is 0 Å². The molecular weight excluding hydrogens is 292 g/mol. The SMILES string of the molecule is CC(C)COC(=O)/C(CC(C)C)=C(\C(=O)OCC(C)C)C(C)C. The zero-order valence-corrected chi connectivity index (χ0v) is 16.1. The van der Waals surface area contributed by atoms with Crippen LogP contribution in [0.5, 0.6) is 0 Å². The second-order valence-corrected chi connectivity index (χ2v) is 7.63. The van der Waals surface area contributed by atoms with Crippen molar-refractivity contribution in [1.82, 2.24) is 0 Å². The normalized spacial score (nSPS) is 12.9. The maximum atomic E-state index is 12.5. The molecule has 0 aliphatic heterocycles. The molecule has 0 saturated carbocycles. The monoisotopic (exact) mass is 326 g/mol. The predicted molar refractivity (Wildman–Crippen MR) is 92.9 cm³/mol. The Hall–Kier alpha value is -1.32.